The molecule has 10 heteroatoms. The second kappa shape index (κ2) is 10.6. The van der Waals surface area contributed by atoms with Gasteiger partial charge in [0.05, 0.1) is 10.6 Å². The van der Waals surface area contributed by atoms with Crippen LogP contribution in [0.15, 0.2) is 67.1 Å². The molecule has 2 aromatic carbocycles. The monoisotopic (exact) mass is 546 g/mol. The van der Waals surface area contributed by atoms with Crippen molar-refractivity contribution >= 4 is 26.9 Å². The van der Waals surface area contributed by atoms with Gasteiger partial charge < -0.3 is 19.9 Å². The zero-order valence-electron chi connectivity index (χ0n) is 21.8. The number of rotatable bonds is 6. The van der Waals surface area contributed by atoms with E-state index in [1.165, 1.54) is 6.33 Å². The molecule has 6 rings (SSSR count). The number of primary sulfonamides is 1. The zero-order valence-corrected chi connectivity index (χ0v) is 22.6. The Balaban J connectivity index is 1.19. The SMILES string of the molecule is Nc1ncnc2c1c(-c1ccc(Oc3ccccc3)cc1)cn2C1CCC(N2CCC(S(N)(=O)=O)CC2)CC1. The molecule has 0 amide bonds. The van der Waals surface area contributed by atoms with Crippen molar-refractivity contribution < 1.29 is 13.2 Å². The molecule has 0 bridgehead atoms. The lowest BCUT2D eigenvalue weighted by Crippen LogP contribution is -2.47. The minimum atomic E-state index is -3.45. The van der Waals surface area contributed by atoms with E-state index < -0.39 is 15.3 Å². The number of nitrogens with two attached hydrogens (primary N) is 2. The third-order valence-electron chi connectivity index (χ3n) is 8.30. The van der Waals surface area contributed by atoms with Crippen LogP contribution in [0.25, 0.3) is 22.2 Å². The van der Waals surface area contributed by atoms with Gasteiger partial charge in [-0.3, -0.25) is 0 Å². The second-order valence-corrected chi connectivity index (χ2v) is 12.5. The number of sulfonamides is 1. The van der Waals surface area contributed by atoms with Crippen molar-refractivity contribution in [1.29, 1.82) is 0 Å². The van der Waals surface area contributed by atoms with Crippen LogP contribution in [0.4, 0.5) is 5.82 Å². The van der Waals surface area contributed by atoms with Gasteiger partial charge in [0.1, 0.15) is 29.3 Å². The van der Waals surface area contributed by atoms with Crippen molar-refractivity contribution in [3.05, 3.63) is 67.1 Å². The molecular weight excluding hydrogens is 512 g/mol. The van der Waals surface area contributed by atoms with Crippen LogP contribution in [0.2, 0.25) is 0 Å². The summed E-state index contributed by atoms with van der Waals surface area (Å²) in [4.78, 5) is 11.4. The minimum absolute atomic E-state index is 0.314. The van der Waals surface area contributed by atoms with Gasteiger partial charge in [0.15, 0.2) is 0 Å². The van der Waals surface area contributed by atoms with Gasteiger partial charge in [-0.1, -0.05) is 30.3 Å². The van der Waals surface area contributed by atoms with Crippen molar-refractivity contribution in [1.82, 2.24) is 19.4 Å². The molecule has 2 fully saturated rings. The van der Waals surface area contributed by atoms with Crippen LogP contribution in [0, 0.1) is 0 Å². The third kappa shape index (κ3) is 5.36. The molecule has 1 saturated heterocycles. The van der Waals surface area contributed by atoms with Gasteiger partial charge in [-0.2, -0.15) is 0 Å². The Bertz CT molecular complexity index is 1540. The van der Waals surface area contributed by atoms with Crippen molar-refractivity contribution in [2.75, 3.05) is 18.8 Å². The highest BCUT2D eigenvalue weighted by Crippen LogP contribution is 2.39. The largest absolute Gasteiger partial charge is 0.457 e. The smallest absolute Gasteiger partial charge is 0.212 e. The minimum Gasteiger partial charge on any atom is -0.457 e. The van der Waals surface area contributed by atoms with Crippen LogP contribution in [-0.2, 0) is 10.0 Å². The number of aromatic nitrogens is 3. The van der Waals surface area contributed by atoms with Crippen LogP contribution in [0.5, 0.6) is 11.5 Å². The maximum absolute atomic E-state index is 11.7. The first kappa shape index (κ1) is 25.8. The maximum Gasteiger partial charge on any atom is 0.212 e. The highest BCUT2D eigenvalue weighted by molar-refractivity contribution is 7.89. The van der Waals surface area contributed by atoms with E-state index in [0.29, 0.717) is 30.7 Å². The Morgan fingerprint density at radius 1 is 0.821 bits per heavy atom. The summed E-state index contributed by atoms with van der Waals surface area (Å²) in [6, 6.07) is 18.5. The molecular formula is C29H34N6O3S. The van der Waals surface area contributed by atoms with E-state index in [1.54, 1.807) is 0 Å². The Labute approximate surface area is 228 Å². The number of para-hydroxylation sites is 1. The highest BCUT2D eigenvalue weighted by Gasteiger charge is 2.33. The average molecular weight is 547 g/mol. The van der Waals surface area contributed by atoms with Gasteiger partial charge in [0, 0.05) is 23.8 Å². The molecule has 4 N–H and O–H groups in total. The van der Waals surface area contributed by atoms with Crippen LogP contribution in [-0.4, -0.2) is 52.2 Å². The quantitative estimate of drug-likeness (QED) is 0.358. The van der Waals surface area contributed by atoms with E-state index in [-0.39, 0.29) is 0 Å². The summed E-state index contributed by atoms with van der Waals surface area (Å²) >= 11 is 0. The fourth-order valence-electron chi connectivity index (χ4n) is 6.20. The summed E-state index contributed by atoms with van der Waals surface area (Å²) in [5, 5.41) is 5.85. The summed E-state index contributed by atoms with van der Waals surface area (Å²) in [5.41, 5.74) is 9.29. The number of anilines is 1. The summed E-state index contributed by atoms with van der Waals surface area (Å²) in [5.74, 6) is 2.04. The van der Waals surface area contributed by atoms with Gasteiger partial charge >= 0.3 is 0 Å². The van der Waals surface area contributed by atoms with E-state index in [9.17, 15) is 8.42 Å². The van der Waals surface area contributed by atoms with Crippen LogP contribution in [0.1, 0.15) is 44.6 Å². The lowest BCUT2D eigenvalue weighted by molar-refractivity contribution is 0.118. The van der Waals surface area contributed by atoms with E-state index in [2.05, 4.69) is 25.6 Å². The second-order valence-electron chi connectivity index (χ2n) is 10.6. The lowest BCUT2D eigenvalue weighted by atomic mass is 9.89. The molecule has 4 aromatic rings. The van der Waals surface area contributed by atoms with Crippen LogP contribution < -0.4 is 15.6 Å². The van der Waals surface area contributed by atoms with Crippen LogP contribution in [0.3, 0.4) is 0 Å². The van der Waals surface area contributed by atoms with Crippen molar-refractivity contribution in [2.24, 2.45) is 5.14 Å². The van der Waals surface area contributed by atoms with Crippen molar-refractivity contribution in [3.8, 4) is 22.6 Å². The third-order valence-corrected chi connectivity index (χ3v) is 9.70. The molecule has 0 radical (unpaired) electrons. The Morgan fingerprint density at radius 2 is 1.46 bits per heavy atom. The number of hydrogen-bond donors (Lipinski definition) is 2. The maximum atomic E-state index is 11.7. The fourth-order valence-corrected chi connectivity index (χ4v) is 7.07. The Morgan fingerprint density at radius 3 is 2.13 bits per heavy atom. The molecule has 2 aliphatic rings. The summed E-state index contributed by atoms with van der Waals surface area (Å²) < 4.78 is 31.7. The standard InChI is InChI=1S/C29H34N6O3S/c30-28-27-26(20-6-12-24(13-7-20)38-23-4-2-1-3-5-23)18-35(29(27)33-19-32-28)22-10-8-21(9-11-22)34-16-14-25(15-17-34)39(31,36)37/h1-7,12-13,18-19,21-22,25H,8-11,14-17H2,(H2,30,32,33)(H2,31,36,37). The van der Waals surface area contributed by atoms with Crippen molar-refractivity contribution in [2.45, 2.75) is 55.9 Å². The predicted octanol–water partition coefficient (Wildman–Crippen LogP) is 4.71. The molecule has 0 unspecified atom stereocenters. The van der Waals surface area contributed by atoms with Gasteiger partial charge in [-0.05, 0) is 81.4 Å². The summed E-state index contributed by atoms with van der Waals surface area (Å²) in [7, 11) is -3.45. The molecule has 39 heavy (non-hydrogen) atoms. The van der Waals surface area contributed by atoms with Gasteiger partial charge in [-0.25, -0.2) is 23.5 Å². The number of ether oxygens (including phenoxy) is 1. The molecule has 0 atom stereocenters. The normalized spacial score (nSPS) is 21.3. The number of hydrogen-bond acceptors (Lipinski definition) is 7. The number of nitrogens with zero attached hydrogens (tertiary/aromatic N) is 4. The highest BCUT2D eigenvalue weighted by atomic mass is 32.2. The molecule has 2 aromatic heterocycles. The predicted molar refractivity (Wildman–Crippen MR) is 153 cm³/mol. The van der Waals surface area contributed by atoms with Gasteiger partial charge in [0.25, 0.3) is 0 Å². The molecule has 1 aliphatic heterocycles. The average Bonchev–Trinajstić information content (AvgIpc) is 3.35. The summed E-state index contributed by atoms with van der Waals surface area (Å²) in [6.07, 6.45) is 9.12. The first-order chi connectivity index (χ1) is 18.9. The van der Waals surface area contributed by atoms with E-state index in [0.717, 1.165) is 72.4 Å². The topological polar surface area (TPSA) is 129 Å². The number of likely N-dealkylation sites (tertiary alicyclic amines) is 1. The number of nitrogen functional groups attached to an aromatic ring is 1. The lowest BCUT2D eigenvalue weighted by Gasteiger charge is -2.40. The number of benzene rings is 2. The van der Waals surface area contributed by atoms with Crippen LogP contribution >= 0.6 is 0 Å². The van der Waals surface area contributed by atoms with Gasteiger partial charge in [-0.15, -0.1) is 0 Å². The zero-order chi connectivity index (χ0) is 27.0. The molecule has 1 aliphatic carbocycles. The molecule has 9 nitrogen and oxygen atoms in total. The molecule has 204 valence electrons. The Hall–Kier alpha value is -3.47. The molecule has 0 spiro atoms. The first-order valence-corrected chi connectivity index (χ1v) is 15.2. The van der Waals surface area contributed by atoms with Crippen molar-refractivity contribution in [3.63, 3.8) is 0 Å². The first-order valence-electron chi connectivity index (χ1n) is 13.6. The van der Waals surface area contributed by atoms with E-state index in [1.807, 2.05) is 54.6 Å². The van der Waals surface area contributed by atoms with Gasteiger partial charge in [0.2, 0.25) is 10.0 Å². The Kier molecular flexibility index (Phi) is 7.01. The molecule has 3 heterocycles. The number of piperidine rings is 1. The number of fused-ring (bicyclic) bond motifs is 1. The summed E-state index contributed by atoms with van der Waals surface area (Å²) in [6.45, 7) is 1.58. The molecule has 1 saturated carbocycles. The van der Waals surface area contributed by atoms with E-state index >= 15 is 0 Å². The fraction of sp³-hybridized carbons (Fsp3) is 0.379. The van der Waals surface area contributed by atoms with E-state index in [4.69, 9.17) is 15.6 Å².